The first-order valence-electron chi connectivity index (χ1n) is 7.86. The summed E-state index contributed by atoms with van der Waals surface area (Å²) in [4.78, 5) is 4.43. The summed E-state index contributed by atoms with van der Waals surface area (Å²) >= 11 is 0. The highest BCUT2D eigenvalue weighted by atomic mass is 16.5. The van der Waals surface area contributed by atoms with Crippen molar-refractivity contribution in [2.75, 3.05) is 0 Å². The van der Waals surface area contributed by atoms with Crippen LogP contribution in [0.2, 0.25) is 0 Å². The van der Waals surface area contributed by atoms with E-state index in [0.717, 1.165) is 12.2 Å². The quantitative estimate of drug-likeness (QED) is 0.714. The molecule has 2 aromatic rings. The molecule has 0 saturated carbocycles. The Labute approximate surface area is 127 Å². The Morgan fingerprint density at radius 2 is 2.00 bits per heavy atom. The topological polar surface area (TPSA) is 51.0 Å². The van der Waals surface area contributed by atoms with Crippen LogP contribution in [0, 0.1) is 0 Å². The van der Waals surface area contributed by atoms with Crippen LogP contribution >= 0.6 is 0 Å². The predicted octanol–water partition coefficient (Wildman–Crippen LogP) is 3.72. The fourth-order valence-corrected chi connectivity index (χ4v) is 2.28. The van der Waals surface area contributed by atoms with Crippen LogP contribution in [0.25, 0.3) is 0 Å². The number of unbranched alkanes of at least 4 members (excludes halogenated alkanes) is 2. The standard InChI is InChI=1S/C17H25N3O/c1-3-4-6-9-14(2)18-13-17-19-16(20-21-17)12-15-10-7-5-8-11-15/h5,7-8,10-11,14,18H,3-4,6,9,12-13H2,1-2H3. The summed E-state index contributed by atoms with van der Waals surface area (Å²) in [5.41, 5.74) is 1.20. The molecule has 1 aromatic carbocycles. The second-order valence-corrected chi connectivity index (χ2v) is 5.54. The summed E-state index contributed by atoms with van der Waals surface area (Å²) in [5.74, 6) is 1.42. The van der Waals surface area contributed by atoms with Gasteiger partial charge in [0.05, 0.1) is 6.54 Å². The molecule has 0 saturated heterocycles. The van der Waals surface area contributed by atoms with Gasteiger partial charge in [-0.1, -0.05) is 61.7 Å². The molecule has 0 fully saturated rings. The summed E-state index contributed by atoms with van der Waals surface area (Å²) in [6.07, 6.45) is 5.75. The van der Waals surface area contributed by atoms with Gasteiger partial charge in [0.1, 0.15) is 0 Å². The Morgan fingerprint density at radius 1 is 1.19 bits per heavy atom. The minimum atomic E-state index is 0.487. The van der Waals surface area contributed by atoms with Crippen LogP contribution in [-0.2, 0) is 13.0 Å². The highest BCUT2D eigenvalue weighted by Crippen LogP contribution is 2.07. The third kappa shape index (κ3) is 5.68. The highest BCUT2D eigenvalue weighted by Gasteiger charge is 2.08. The van der Waals surface area contributed by atoms with Gasteiger partial charge in [0.2, 0.25) is 5.89 Å². The number of rotatable bonds is 9. The number of nitrogens with one attached hydrogen (secondary N) is 1. The first-order chi connectivity index (χ1) is 10.3. The fraction of sp³-hybridized carbons (Fsp3) is 0.529. The monoisotopic (exact) mass is 287 g/mol. The zero-order chi connectivity index (χ0) is 14.9. The third-order valence-electron chi connectivity index (χ3n) is 3.56. The van der Waals surface area contributed by atoms with Crippen LogP contribution in [0.4, 0.5) is 0 Å². The second-order valence-electron chi connectivity index (χ2n) is 5.54. The van der Waals surface area contributed by atoms with E-state index in [1.54, 1.807) is 0 Å². The smallest absolute Gasteiger partial charge is 0.240 e. The molecule has 0 aliphatic rings. The maximum Gasteiger partial charge on any atom is 0.240 e. The minimum Gasteiger partial charge on any atom is -0.338 e. The SMILES string of the molecule is CCCCCC(C)NCc1nc(Cc2ccccc2)no1. The van der Waals surface area contributed by atoms with Gasteiger partial charge in [-0.2, -0.15) is 4.98 Å². The molecule has 0 aliphatic carbocycles. The summed E-state index contributed by atoms with van der Waals surface area (Å²) < 4.78 is 5.29. The van der Waals surface area contributed by atoms with Crippen LogP contribution in [0.15, 0.2) is 34.9 Å². The molecular weight excluding hydrogens is 262 g/mol. The maximum atomic E-state index is 5.29. The van der Waals surface area contributed by atoms with Crippen molar-refractivity contribution in [3.05, 3.63) is 47.6 Å². The van der Waals surface area contributed by atoms with E-state index in [4.69, 9.17) is 4.52 Å². The summed E-state index contributed by atoms with van der Waals surface area (Å²) in [6.45, 7) is 5.08. The van der Waals surface area contributed by atoms with E-state index in [9.17, 15) is 0 Å². The third-order valence-corrected chi connectivity index (χ3v) is 3.56. The van der Waals surface area contributed by atoms with Crippen molar-refractivity contribution in [1.82, 2.24) is 15.5 Å². The van der Waals surface area contributed by atoms with Crippen LogP contribution in [0.3, 0.4) is 0 Å². The van der Waals surface area contributed by atoms with Gasteiger partial charge in [-0.3, -0.25) is 0 Å². The maximum absolute atomic E-state index is 5.29. The molecule has 0 aliphatic heterocycles. The summed E-state index contributed by atoms with van der Waals surface area (Å²) in [5, 5.41) is 7.48. The molecule has 0 amide bonds. The molecule has 1 heterocycles. The van der Waals surface area contributed by atoms with Crippen LogP contribution < -0.4 is 5.32 Å². The van der Waals surface area contributed by atoms with Crippen molar-refractivity contribution in [3.8, 4) is 0 Å². The van der Waals surface area contributed by atoms with Gasteiger partial charge in [0, 0.05) is 12.5 Å². The Bertz CT molecular complexity index is 510. The van der Waals surface area contributed by atoms with E-state index in [1.165, 1.54) is 31.2 Å². The molecule has 1 unspecified atom stereocenters. The van der Waals surface area contributed by atoms with E-state index < -0.39 is 0 Å². The van der Waals surface area contributed by atoms with E-state index in [0.29, 0.717) is 18.5 Å². The van der Waals surface area contributed by atoms with Crippen LogP contribution in [-0.4, -0.2) is 16.2 Å². The average Bonchev–Trinajstić information content (AvgIpc) is 2.94. The molecule has 4 heteroatoms. The number of hydrogen-bond acceptors (Lipinski definition) is 4. The molecule has 114 valence electrons. The Balaban J connectivity index is 1.75. The zero-order valence-electron chi connectivity index (χ0n) is 13.0. The van der Waals surface area contributed by atoms with Crippen molar-refractivity contribution < 1.29 is 4.52 Å². The van der Waals surface area contributed by atoms with Gasteiger partial charge >= 0.3 is 0 Å². The molecule has 1 aromatic heterocycles. The van der Waals surface area contributed by atoms with Crippen molar-refractivity contribution >= 4 is 0 Å². The van der Waals surface area contributed by atoms with E-state index in [1.807, 2.05) is 18.2 Å². The second kappa shape index (κ2) is 8.57. The number of benzene rings is 1. The molecule has 1 N–H and O–H groups in total. The molecule has 2 rings (SSSR count). The van der Waals surface area contributed by atoms with Gasteiger partial charge in [-0.25, -0.2) is 0 Å². The fourth-order valence-electron chi connectivity index (χ4n) is 2.28. The van der Waals surface area contributed by atoms with Gasteiger partial charge in [0.15, 0.2) is 5.82 Å². The van der Waals surface area contributed by atoms with Crippen molar-refractivity contribution in [2.24, 2.45) is 0 Å². The molecule has 0 spiro atoms. The molecular formula is C17H25N3O. The summed E-state index contributed by atoms with van der Waals surface area (Å²) in [6, 6.07) is 10.7. The van der Waals surface area contributed by atoms with E-state index in [2.05, 4.69) is 41.4 Å². The van der Waals surface area contributed by atoms with Gasteiger partial charge in [-0.05, 0) is 18.9 Å². The summed E-state index contributed by atoms with van der Waals surface area (Å²) in [7, 11) is 0. The largest absolute Gasteiger partial charge is 0.338 e. The molecule has 21 heavy (non-hydrogen) atoms. The van der Waals surface area contributed by atoms with Gasteiger partial charge in [-0.15, -0.1) is 0 Å². The van der Waals surface area contributed by atoms with E-state index >= 15 is 0 Å². The Kier molecular flexibility index (Phi) is 6.41. The normalized spacial score (nSPS) is 12.5. The number of hydrogen-bond donors (Lipinski definition) is 1. The predicted molar refractivity (Wildman–Crippen MR) is 84.0 cm³/mol. The zero-order valence-corrected chi connectivity index (χ0v) is 13.0. The highest BCUT2D eigenvalue weighted by molar-refractivity contribution is 5.18. The molecule has 0 radical (unpaired) electrons. The lowest BCUT2D eigenvalue weighted by Gasteiger charge is -2.11. The molecule has 1 atom stereocenters. The number of nitrogens with zero attached hydrogens (tertiary/aromatic N) is 2. The molecule has 4 nitrogen and oxygen atoms in total. The van der Waals surface area contributed by atoms with Gasteiger partial charge in [0.25, 0.3) is 0 Å². The van der Waals surface area contributed by atoms with Crippen molar-refractivity contribution in [2.45, 2.75) is 58.5 Å². The Hall–Kier alpha value is -1.68. The Morgan fingerprint density at radius 3 is 2.76 bits per heavy atom. The minimum absolute atomic E-state index is 0.487. The lowest BCUT2D eigenvalue weighted by atomic mass is 10.1. The lowest BCUT2D eigenvalue weighted by Crippen LogP contribution is -2.25. The number of aromatic nitrogens is 2. The average molecular weight is 287 g/mol. The van der Waals surface area contributed by atoms with Crippen molar-refractivity contribution in [1.29, 1.82) is 0 Å². The van der Waals surface area contributed by atoms with Crippen LogP contribution in [0.5, 0.6) is 0 Å². The first-order valence-corrected chi connectivity index (χ1v) is 7.86. The molecule has 0 bridgehead atoms. The lowest BCUT2D eigenvalue weighted by molar-refractivity contribution is 0.352. The van der Waals surface area contributed by atoms with Gasteiger partial charge < -0.3 is 9.84 Å². The first kappa shape index (κ1) is 15.7. The van der Waals surface area contributed by atoms with Crippen molar-refractivity contribution in [3.63, 3.8) is 0 Å². The van der Waals surface area contributed by atoms with E-state index in [-0.39, 0.29) is 0 Å². The van der Waals surface area contributed by atoms with Crippen LogP contribution in [0.1, 0.15) is 56.8 Å².